The van der Waals surface area contributed by atoms with Gasteiger partial charge < -0.3 is 5.32 Å². The summed E-state index contributed by atoms with van der Waals surface area (Å²) in [4.78, 5) is 0. The van der Waals surface area contributed by atoms with E-state index in [-0.39, 0.29) is 6.04 Å². The lowest BCUT2D eigenvalue weighted by Gasteiger charge is -2.20. The fourth-order valence-electron chi connectivity index (χ4n) is 2.99. The zero-order chi connectivity index (χ0) is 19.4. The standard InChI is InChI=1S/C24H25N3/c1-17(2)25-20(5)18(3)19(4)24-16-23(21-12-8-6-9-13-21)26-27(24)22-14-10-7-11-15-22/h6-16,20,25H,1,3-4H2,2,5H3. The third kappa shape index (κ3) is 4.09. The second-order valence-corrected chi connectivity index (χ2v) is 6.68. The lowest BCUT2D eigenvalue weighted by Crippen LogP contribution is -2.26. The van der Waals surface area contributed by atoms with Crippen molar-refractivity contribution < 1.29 is 0 Å². The Labute approximate surface area is 161 Å². The Morgan fingerprint density at radius 3 is 2.15 bits per heavy atom. The number of hydrogen-bond donors (Lipinski definition) is 1. The highest BCUT2D eigenvalue weighted by atomic mass is 15.3. The van der Waals surface area contributed by atoms with Crippen molar-refractivity contribution in [1.29, 1.82) is 0 Å². The molecule has 136 valence electrons. The van der Waals surface area contributed by atoms with Crippen LogP contribution in [-0.2, 0) is 0 Å². The van der Waals surface area contributed by atoms with E-state index in [0.717, 1.165) is 39.5 Å². The number of benzene rings is 2. The molecular formula is C24H25N3. The lowest BCUT2D eigenvalue weighted by molar-refractivity contribution is 0.711. The highest BCUT2D eigenvalue weighted by Crippen LogP contribution is 2.29. The molecule has 2 aromatic carbocycles. The minimum atomic E-state index is 0.0364. The van der Waals surface area contributed by atoms with Gasteiger partial charge >= 0.3 is 0 Å². The van der Waals surface area contributed by atoms with E-state index in [1.165, 1.54) is 0 Å². The largest absolute Gasteiger partial charge is 0.383 e. The van der Waals surface area contributed by atoms with Crippen molar-refractivity contribution in [3.8, 4) is 16.9 Å². The van der Waals surface area contributed by atoms with Gasteiger partial charge in [0.15, 0.2) is 0 Å². The van der Waals surface area contributed by atoms with Crippen LogP contribution in [0.1, 0.15) is 19.5 Å². The van der Waals surface area contributed by atoms with E-state index in [9.17, 15) is 0 Å². The molecule has 0 aliphatic carbocycles. The summed E-state index contributed by atoms with van der Waals surface area (Å²) in [6.45, 7) is 16.5. The zero-order valence-corrected chi connectivity index (χ0v) is 15.9. The van der Waals surface area contributed by atoms with Crippen LogP contribution in [0.5, 0.6) is 0 Å². The Balaban J connectivity index is 2.05. The van der Waals surface area contributed by atoms with Crippen LogP contribution in [0.25, 0.3) is 22.5 Å². The molecule has 0 bridgehead atoms. The van der Waals surface area contributed by atoms with E-state index in [0.29, 0.717) is 0 Å². The molecule has 27 heavy (non-hydrogen) atoms. The Morgan fingerprint density at radius 2 is 1.56 bits per heavy atom. The number of rotatable bonds is 7. The number of nitrogens with zero attached hydrogens (tertiary/aromatic N) is 2. The highest BCUT2D eigenvalue weighted by Gasteiger charge is 2.18. The molecule has 1 aromatic heterocycles. The molecule has 3 nitrogen and oxygen atoms in total. The van der Waals surface area contributed by atoms with Gasteiger partial charge in [-0.3, -0.25) is 0 Å². The van der Waals surface area contributed by atoms with Crippen LogP contribution in [0, 0.1) is 0 Å². The van der Waals surface area contributed by atoms with Crippen molar-refractivity contribution in [3.05, 3.63) is 103 Å². The first-order valence-electron chi connectivity index (χ1n) is 8.98. The van der Waals surface area contributed by atoms with Crippen LogP contribution in [0.15, 0.2) is 97.7 Å². The van der Waals surface area contributed by atoms with Crippen LogP contribution in [0.2, 0.25) is 0 Å². The fraction of sp³-hybridized carbons (Fsp3) is 0.125. The van der Waals surface area contributed by atoms with Gasteiger partial charge in [-0.25, -0.2) is 4.68 Å². The zero-order valence-electron chi connectivity index (χ0n) is 15.9. The molecule has 1 unspecified atom stereocenters. The number of hydrogen-bond acceptors (Lipinski definition) is 2. The molecule has 1 atom stereocenters. The quantitative estimate of drug-likeness (QED) is 0.557. The number of nitrogens with one attached hydrogen (secondary N) is 1. The molecule has 0 radical (unpaired) electrons. The van der Waals surface area contributed by atoms with Crippen molar-refractivity contribution in [2.24, 2.45) is 0 Å². The van der Waals surface area contributed by atoms with Crippen molar-refractivity contribution in [2.45, 2.75) is 19.9 Å². The molecule has 3 rings (SSSR count). The third-order valence-electron chi connectivity index (χ3n) is 4.46. The summed E-state index contributed by atoms with van der Waals surface area (Å²) >= 11 is 0. The van der Waals surface area contributed by atoms with Crippen molar-refractivity contribution in [2.75, 3.05) is 0 Å². The Kier molecular flexibility index (Phi) is 5.41. The average Bonchev–Trinajstić information content (AvgIpc) is 3.13. The lowest BCUT2D eigenvalue weighted by atomic mass is 9.99. The molecule has 1 heterocycles. The van der Waals surface area contributed by atoms with E-state index < -0.39 is 0 Å². The maximum atomic E-state index is 4.85. The van der Waals surface area contributed by atoms with E-state index >= 15 is 0 Å². The van der Waals surface area contributed by atoms with Crippen LogP contribution < -0.4 is 5.32 Å². The predicted molar refractivity (Wildman–Crippen MR) is 115 cm³/mol. The van der Waals surface area contributed by atoms with Gasteiger partial charge in [0.2, 0.25) is 0 Å². The van der Waals surface area contributed by atoms with Gasteiger partial charge in [0.25, 0.3) is 0 Å². The van der Waals surface area contributed by atoms with E-state index in [2.05, 4.69) is 50.2 Å². The molecule has 1 N–H and O–H groups in total. The first-order valence-corrected chi connectivity index (χ1v) is 8.98. The van der Waals surface area contributed by atoms with Crippen LogP contribution in [0.4, 0.5) is 0 Å². The maximum absolute atomic E-state index is 4.85. The Morgan fingerprint density at radius 1 is 0.963 bits per heavy atom. The fourth-order valence-corrected chi connectivity index (χ4v) is 2.99. The van der Waals surface area contributed by atoms with Crippen LogP contribution >= 0.6 is 0 Å². The normalized spacial score (nSPS) is 11.6. The highest BCUT2D eigenvalue weighted by molar-refractivity contribution is 5.79. The summed E-state index contributed by atoms with van der Waals surface area (Å²) in [5, 5.41) is 8.16. The summed E-state index contributed by atoms with van der Waals surface area (Å²) in [5.41, 5.74) is 6.57. The Hall–Kier alpha value is -3.33. The van der Waals surface area contributed by atoms with Gasteiger partial charge in [0.1, 0.15) is 0 Å². The van der Waals surface area contributed by atoms with Gasteiger partial charge in [-0.2, -0.15) is 5.10 Å². The Bertz CT molecular complexity index is 965. The molecule has 0 aliphatic heterocycles. The molecule has 0 saturated heterocycles. The van der Waals surface area contributed by atoms with E-state index in [4.69, 9.17) is 5.10 Å². The topological polar surface area (TPSA) is 29.9 Å². The smallest absolute Gasteiger partial charge is 0.0934 e. The first kappa shape index (κ1) is 18.5. The summed E-state index contributed by atoms with van der Waals surface area (Å²) in [6, 6.07) is 22.4. The minimum absolute atomic E-state index is 0.0364. The summed E-state index contributed by atoms with van der Waals surface area (Å²) in [7, 11) is 0. The average molecular weight is 355 g/mol. The number of allylic oxidation sites excluding steroid dienone is 1. The minimum Gasteiger partial charge on any atom is -0.383 e. The molecular weight excluding hydrogens is 330 g/mol. The van der Waals surface area contributed by atoms with Gasteiger partial charge in [0, 0.05) is 17.3 Å². The van der Waals surface area contributed by atoms with E-state index in [1.54, 1.807) is 0 Å². The molecule has 3 heteroatoms. The summed E-state index contributed by atoms with van der Waals surface area (Å²) < 4.78 is 1.93. The second-order valence-electron chi connectivity index (χ2n) is 6.68. The first-order chi connectivity index (χ1) is 13.0. The molecule has 0 spiro atoms. The molecule has 3 aromatic rings. The molecule has 0 aliphatic rings. The summed E-state index contributed by atoms with van der Waals surface area (Å²) in [5.74, 6) is 0. The molecule has 0 fully saturated rings. The van der Waals surface area contributed by atoms with E-state index in [1.807, 2.05) is 60.1 Å². The van der Waals surface area contributed by atoms with Crippen LogP contribution in [0.3, 0.4) is 0 Å². The second kappa shape index (κ2) is 7.92. The SMILES string of the molecule is C=C(C)NC(C)C(=C)C(=C)c1cc(-c2ccccc2)nn1-c1ccccc1. The van der Waals surface area contributed by atoms with Crippen molar-refractivity contribution >= 4 is 5.57 Å². The van der Waals surface area contributed by atoms with Gasteiger partial charge in [0.05, 0.1) is 17.1 Å². The molecule has 0 saturated carbocycles. The number of aromatic nitrogens is 2. The van der Waals surface area contributed by atoms with Gasteiger partial charge in [-0.1, -0.05) is 68.3 Å². The predicted octanol–water partition coefficient (Wildman–Crippen LogP) is 5.62. The van der Waals surface area contributed by atoms with Gasteiger partial charge in [-0.15, -0.1) is 0 Å². The van der Waals surface area contributed by atoms with Crippen LogP contribution in [-0.4, -0.2) is 15.8 Å². The van der Waals surface area contributed by atoms with Crippen molar-refractivity contribution in [1.82, 2.24) is 15.1 Å². The maximum Gasteiger partial charge on any atom is 0.0934 e. The van der Waals surface area contributed by atoms with Gasteiger partial charge in [-0.05, 0) is 43.2 Å². The molecule has 0 amide bonds. The third-order valence-corrected chi connectivity index (χ3v) is 4.46. The monoisotopic (exact) mass is 355 g/mol. The van der Waals surface area contributed by atoms with Crippen molar-refractivity contribution in [3.63, 3.8) is 0 Å². The summed E-state index contributed by atoms with van der Waals surface area (Å²) in [6.07, 6.45) is 0. The number of para-hydroxylation sites is 1.